The van der Waals surface area contributed by atoms with E-state index in [0.717, 1.165) is 57.5 Å². The van der Waals surface area contributed by atoms with E-state index in [1.165, 1.54) is 5.57 Å². The van der Waals surface area contributed by atoms with Crippen LogP contribution in [0.1, 0.15) is 65.7 Å². The number of ether oxygens (including phenoxy) is 2. The molecule has 2 aliphatic heterocycles. The van der Waals surface area contributed by atoms with Crippen LogP contribution in [0, 0.1) is 5.92 Å². The van der Waals surface area contributed by atoms with Gasteiger partial charge in [0.1, 0.15) is 0 Å². The van der Waals surface area contributed by atoms with Crippen molar-refractivity contribution in [2.45, 2.75) is 89.1 Å². The van der Waals surface area contributed by atoms with Gasteiger partial charge in [-0.1, -0.05) is 28.9 Å². The Hall–Kier alpha value is -1.29. The van der Waals surface area contributed by atoms with Crippen LogP contribution < -0.4 is 0 Å². The van der Waals surface area contributed by atoms with E-state index < -0.39 is 0 Å². The van der Waals surface area contributed by atoms with E-state index in [0.29, 0.717) is 0 Å². The van der Waals surface area contributed by atoms with Gasteiger partial charge < -0.3 is 9.47 Å². The first kappa shape index (κ1) is 18.5. The maximum Gasteiger partial charge on any atom is 0.0971 e. The standard InChI is InChI=1S/C20H31N3O2/c1-15(4-6-16-7-9-17(10-8-16)22-23-21)5-11-18-12-20(14-24-20)13-19(2,3)25-18/h4-5,11,16-18H,6-10,12-14H2,1-3H3/b11-5+,15-4+/t16-,17+,18-,20-/m1/s1. The maximum atomic E-state index is 8.52. The highest BCUT2D eigenvalue weighted by molar-refractivity contribution is 5.19. The fraction of sp³-hybridized carbons (Fsp3) is 0.800. The van der Waals surface area contributed by atoms with Gasteiger partial charge in [0.2, 0.25) is 0 Å². The largest absolute Gasteiger partial charge is 0.369 e. The van der Waals surface area contributed by atoms with Crippen LogP contribution in [-0.4, -0.2) is 30.0 Å². The van der Waals surface area contributed by atoms with Gasteiger partial charge in [-0.2, -0.15) is 0 Å². The van der Waals surface area contributed by atoms with Gasteiger partial charge >= 0.3 is 0 Å². The SMILES string of the molecule is CC(/C=C/[C@@H]1C[C@]2(CO2)CC(C)(C)O1)=C\C[C@H]1CC[C@@H](N=[N+]=[N-])CC1. The van der Waals surface area contributed by atoms with Crippen molar-refractivity contribution in [1.82, 2.24) is 0 Å². The summed E-state index contributed by atoms with van der Waals surface area (Å²) >= 11 is 0. The van der Waals surface area contributed by atoms with Gasteiger partial charge in [-0.25, -0.2) is 0 Å². The van der Waals surface area contributed by atoms with Crippen molar-refractivity contribution in [2.24, 2.45) is 11.0 Å². The quantitative estimate of drug-likeness (QED) is 0.218. The number of epoxide rings is 1. The molecule has 5 nitrogen and oxygen atoms in total. The van der Waals surface area contributed by atoms with E-state index in [9.17, 15) is 0 Å². The van der Waals surface area contributed by atoms with Crippen molar-refractivity contribution in [3.05, 3.63) is 34.2 Å². The van der Waals surface area contributed by atoms with Gasteiger partial charge in [0.05, 0.1) is 23.9 Å². The van der Waals surface area contributed by atoms with Crippen molar-refractivity contribution in [3.63, 3.8) is 0 Å². The molecule has 3 fully saturated rings. The first-order valence-electron chi connectivity index (χ1n) is 9.61. The van der Waals surface area contributed by atoms with E-state index in [1.807, 2.05) is 0 Å². The summed E-state index contributed by atoms with van der Waals surface area (Å²) in [6, 6.07) is 0.218. The van der Waals surface area contributed by atoms with Crippen LogP contribution in [0.5, 0.6) is 0 Å². The second kappa shape index (κ2) is 7.53. The molecule has 2 atom stereocenters. The van der Waals surface area contributed by atoms with Crippen molar-refractivity contribution < 1.29 is 9.47 Å². The molecule has 0 aromatic carbocycles. The number of hydrogen-bond acceptors (Lipinski definition) is 3. The van der Waals surface area contributed by atoms with Crippen LogP contribution in [0.15, 0.2) is 28.9 Å². The average Bonchev–Trinajstić information content (AvgIpc) is 3.29. The number of rotatable bonds is 5. The summed E-state index contributed by atoms with van der Waals surface area (Å²) in [6.45, 7) is 7.37. The molecule has 1 aliphatic carbocycles. The van der Waals surface area contributed by atoms with Crippen molar-refractivity contribution in [3.8, 4) is 0 Å². The van der Waals surface area contributed by atoms with Crippen LogP contribution in [-0.2, 0) is 9.47 Å². The summed E-state index contributed by atoms with van der Waals surface area (Å²) < 4.78 is 11.9. The van der Waals surface area contributed by atoms with Crippen LogP contribution in [0.3, 0.4) is 0 Å². The molecule has 0 radical (unpaired) electrons. The Balaban J connectivity index is 1.47. The van der Waals surface area contributed by atoms with Gasteiger partial charge in [-0.05, 0) is 64.3 Å². The molecule has 0 bridgehead atoms. The van der Waals surface area contributed by atoms with Crippen molar-refractivity contribution in [2.75, 3.05) is 6.61 Å². The monoisotopic (exact) mass is 345 g/mol. The van der Waals surface area contributed by atoms with E-state index in [2.05, 4.69) is 49.0 Å². The lowest BCUT2D eigenvalue weighted by Crippen LogP contribution is -2.43. The van der Waals surface area contributed by atoms with Crippen LogP contribution >= 0.6 is 0 Å². The van der Waals surface area contributed by atoms with Crippen LogP contribution in [0.25, 0.3) is 10.4 Å². The highest BCUT2D eigenvalue weighted by atomic mass is 16.6. The Kier molecular flexibility index (Phi) is 5.57. The minimum Gasteiger partial charge on any atom is -0.369 e. The summed E-state index contributed by atoms with van der Waals surface area (Å²) in [4.78, 5) is 2.94. The van der Waals surface area contributed by atoms with Gasteiger partial charge in [-0.3, -0.25) is 0 Å². The highest BCUT2D eigenvalue weighted by Gasteiger charge is 2.53. The zero-order valence-corrected chi connectivity index (χ0v) is 15.8. The Labute approximate surface area is 151 Å². The highest BCUT2D eigenvalue weighted by Crippen LogP contribution is 2.46. The summed E-state index contributed by atoms with van der Waals surface area (Å²) in [6.07, 6.45) is 14.4. The van der Waals surface area contributed by atoms with E-state index in [-0.39, 0.29) is 23.3 Å². The second-order valence-corrected chi connectivity index (χ2v) is 8.69. The Morgan fingerprint density at radius 1 is 1.28 bits per heavy atom. The molecule has 0 aromatic heterocycles. The molecule has 1 saturated carbocycles. The lowest BCUT2D eigenvalue weighted by molar-refractivity contribution is -0.112. The topological polar surface area (TPSA) is 70.5 Å². The van der Waals surface area contributed by atoms with Gasteiger partial charge in [0.15, 0.2) is 0 Å². The molecule has 0 unspecified atom stereocenters. The van der Waals surface area contributed by atoms with E-state index in [4.69, 9.17) is 15.0 Å². The predicted octanol–water partition coefficient (Wildman–Crippen LogP) is 5.47. The minimum atomic E-state index is -0.105. The molecular formula is C20H31N3O2. The first-order valence-corrected chi connectivity index (χ1v) is 9.61. The van der Waals surface area contributed by atoms with Gasteiger partial charge in [0, 0.05) is 23.8 Å². The smallest absolute Gasteiger partial charge is 0.0971 e. The molecule has 138 valence electrons. The van der Waals surface area contributed by atoms with Crippen LogP contribution in [0.2, 0.25) is 0 Å². The molecular weight excluding hydrogens is 314 g/mol. The normalized spacial score (nSPS) is 37.9. The maximum absolute atomic E-state index is 8.52. The van der Waals surface area contributed by atoms with Gasteiger partial charge in [-0.15, -0.1) is 0 Å². The number of azide groups is 1. The molecule has 2 heterocycles. The fourth-order valence-electron chi connectivity index (χ4n) is 4.39. The number of allylic oxidation sites excluding steroid dienone is 3. The van der Waals surface area contributed by atoms with E-state index in [1.54, 1.807) is 0 Å². The lowest BCUT2D eigenvalue weighted by atomic mass is 9.84. The Bertz CT molecular complexity index is 572. The predicted molar refractivity (Wildman–Crippen MR) is 99.3 cm³/mol. The first-order chi connectivity index (χ1) is 11.9. The second-order valence-electron chi connectivity index (χ2n) is 8.69. The molecule has 0 N–H and O–H groups in total. The van der Waals surface area contributed by atoms with Crippen molar-refractivity contribution >= 4 is 0 Å². The lowest BCUT2D eigenvalue weighted by Gasteiger charge is -2.38. The third-order valence-corrected chi connectivity index (χ3v) is 5.72. The molecule has 1 spiro atoms. The zero-order chi connectivity index (χ0) is 17.9. The van der Waals surface area contributed by atoms with Crippen LogP contribution in [0.4, 0.5) is 0 Å². The average molecular weight is 345 g/mol. The van der Waals surface area contributed by atoms with Gasteiger partial charge in [0.25, 0.3) is 0 Å². The molecule has 3 rings (SSSR count). The molecule has 5 heteroatoms. The Morgan fingerprint density at radius 3 is 2.64 bits per heavy atom. The van der Waals surface area contributed by atoms with E-state index >= 15 is 0 Å². The molecule has 0 aromatic rings. The molecule has 25 heavy (non-hydrogen) atoms. The number of nitrogens with zero attached hydrogens (tertiary/aromatic N) is 3. The summed E-state index contributed by atoms with van der Waals surface area (Å²) in [5.74, 6) is 0.724. The summed E-state index contributed by atoms with van der Waals surface area (Å²) in [5, 5.41) is 3.85. The summed E-state index contributed by atoms with van der Waals surface area (Å²) in [7, 11) is 0. The molecule has 3 aliphatic rings. The number of hydrogen-bond donors (Lipinski definition) is 0. The minimum absolute atomic E-state index is 0.0823. The third-order valence-electron chi connectivity index (χ3n) is 5.72. The Morgan fingerprint density at radius 2 is 2.00 bits per heavy atom. The fourth-order valence-corrected chi connectivity index (χ4v) is 4.39. The third kappa shape index (κ3) is 5.34. The zero-order valence-electron chi connectivity index (χ0n) is 15.8. The molecule has 2 saturated heterocycles. The summed E-state index contributed by atoms with van der Waals surface area (Å²) in [5.41, 5.74) is 9.80. The van der Waals surface area contributed by atoms with Crippen molar-refractivity contribution in [1.29, 1.82) is 0 Å². The molecule has 0 amide bonds.